The summed E-state index contributed by atoms with van der Waals surface area (Å²) in [5, 5.41) is 22.2. The molecule has 1 saturated carbocycles. The lowest BCUT2D eigenvalue weighted by Crippen LogP contribution is -2.36. The van der Waals surface area contributed by atoms with Crippen molar-refractivity contribution in [1.29, 1.82) is 0 Å². The predicted octanol–water partition coefficient (Wildman–Crippen LogP) is 2.77. The summed E-state index contributed by atoms with van der Waals surface area (Å²) in [5.41, 5.74) is 1.01. The maximum absolute atomic E-state index is 9.41. The molecule has 1 aromatic rings. The van der Waals surface area contributed by atoms with Crippen LogP contribution in [0.1, 0.15) is 38.2 Å². The van der Waals surface area contributed by atoms with Gasteiger partial charge in [0.1, 0.15) is 0 Å². The quantitative estimate of drug-likeness (QED) is 0.706. The molecule has 0 heterocycles. The minimum absolute atomic E-state index is 0.0407. The van der Waals surface area contributed by atoms with Gasteiger partial charge < -0.3 is 15.5 Å². The lowest BCUT2D eigenvalue weighted by atomic mass is 9.86. The minimum Gasteiger partial charge on any atom is -0.504 e. The molecule has 17 heavy (non-hydrogen) atoms. The molecule has 0 saturated heterocycles. The Kier molecular flexibility index (Phi) is 3.89. The lowest BCUT2D eigenvalue weighted by Gasteiger charge is -2.29. The Hall–Kier alpha value is -1.22. The Morgan fingerprint density at radius 3 is 2.65 bits per heavy atom. The second-order valence-electron chi connectivity index (χ2n) is 5.07. The largest absolute Gasteiger partial charge is 0.504 e. The number of benzene rings is 1. The fraction of sp³-hybridized carbons (Fsp3) is 0.571. The van der Waals surface area contributed by atoms with Crippen molar-refractivity contribution < 1.29 is 10.2 Å². The van der Waals surface area contributed by atoms with Gasteiger partial charge in [-0.1, -0.05) is 25.8 Å². The van der Waals surface area contributed by atoms with Crippen LogP contribution in [-0.2, 0) is 6.54 Å². The van der Waals surface area contributed by atoms with E-state index in [1.165, 1.54) is 31.7 Å². The lowest BCUT2D eigenvalue weighted by molar-refractivity contribution is 0.279. The van der Waals surface area contributed by atoms with E-state index in [1.807, 2.05) is 6.07 Å². The van der Waals surface area contributed by atoms with Gasteiger partial charge in [-0.2, -0.15) is 0 Å². The summed E-state index contributed by atoms with van der Waals surface area (Å²) in [6.07, 6.45) is 5.20. The molecule has 3 nitrogen and oxygen atoms in total. The van der Waals surface area contributed by atoms with Gasteiger partial charge in [0.15, 0.2) is 11.5 Å². The van der Waals surface area contributed by atoms with E-state index in [4.69, 9.17) is 0 Å². The zero-order chi connectivity index (χ0) is 12.3. The van der Waals surface area contributed by atoms with Crippen LogP contribution in [0.3, 0.4) is 0 Å². The molecule has 0 amide bonds. The summed E-state index contributed by atoms with van der Waals surface area (Å²) in [5.74, 6) is 0.634. The van der Waals surface area contributed by atoms with Crippen LogP contribution in [0.15, 0.2) is 18.2 Å². The van der Waals surface area contributed by atoms with Crippen molar-refractivity contribution in [2.75, 3.05) is 0 Å². The van der Waals surface area contributed by atoms with Gasteiger partial charge in [0.2, 0.25) is 0 Å². The van der Waals surface area contributed by atoms with Gasteiger partial charge >= 0.3 is 0 Å². The van der Waals surface area contributed by atoms with E-state index in [2.05, 4.69) is 12.2 Å². The monoisotopic (exact) mass is 235 g/mol. The minimum atomic E-state index is -0.0558. The highest BCUT2D eigenvalue weighted by Crippen LogP contribution is 2.26. The van der Waals surface area contributed by atoms with Crippen LogP contribution in [0, 0.1) is 5.92 Å². The predicted molar refractivity (Wildman–Crippen MR) is 68.0 cm³/mol. The third-order valence-corrected chi connectivity index (χ3v) is 3.72. The van der Waals surface area contributed by atoms with Crippen molar-refractivity contribution in [1.82, 2.24) is 5.32 Å². The van der Waals surface area contributed by atoms with Crippen LogP contribution < -0.4 is 5.32 Å². The molecule has 1 aromatic carbocycles. The first-order valence-corrected chi connectivity index (χ1v) is 6.41. The number of hydrogen-bond donors (Lipinski definition) is 3. The molecule has 1 aliphatic carbocycles. The van der Waals surface area contributed by atoms with Crippen molar-refractivity contribution in [3.05, 3.63) is 23.8 Å². The molecule has 2 rings (SSSR count). The number of aromatic hydroxyl groups is 2. The molecular formula is C14H21NO2. The first-order chi connectivity index (χ1) is 8.16. The van der Waals surface area contributed by atoms with Crippen LogP contribution in [0.5, 0.6) is 11.5 Å². The number of phenolic OH excluding ortho intramolecular Hbond substituents is 2. The Morgan fingerprint density at radius 1 is 1.18 bits per heavy atom. The number of phenols is 2. The van der Waals surface area contributed by atoms with E-state index in [9.17, 15) is 10.2 Å². The van der Waals surface area contributed by atoms with Crippen LogP contribution in [0.25, 0.3) is 0 Å². The second-order valence-corrected chi connectivity index (χ2v) is 5.07. The average Bonchev–Trinajstić information content (AvgIpc) is 2.32. The van der Waals surface area contributed by atoms with Gasteiger partial charge in [0, 0.05) is 12.6 Å². The first-order valence-electron chi connectivity index (χ1n) is 6.41. The molecule has 0 radical (unpaired) electrons. The fourth-order valence-electron chi connectivity index (χ4n) is 2.55. The van der Waals surface area contributed by atoms with Crippen LogP contribution in [-0.4, -0.2) is 16.3 Å². The Balaban J connectivity index is 1.90. The molecule has 1 aliphatic rings. The van der Waals surface area contributed by atoms with Crippen molar-refractivity contribution in [3.8, 4) is 11.5 Å². The van der Waals surface area contributed by atoms with Gasteiger partial charge in [-0.25, -0.2) is 0 Å². The van der Waals surface area contributed by atoms with Crippen LogP contribution in [0.2, 0.25) is 0 Å². The summed E-state index contributed by atoms with van der Waals surface area (Å²) < 4.78 is 0. The summed E-state index contributed by atoms with van der Waals surface area (Å²) in [4.78, 5) is 0. The third-order valence-electron chi connectivity index (χ3n) is 3.72. The summed E-state index contributed by atoms with van der Waals surface area (Å²) in [7, 11) is 0. The summed E-state index contributed by atoms with van der Waals surface area (Å²) >= 11 is 0. The zero-order valence-electron chi connectivity index (χ0n) is 10.3. The van der Waals surface area contributed by atoms with E-state index >= 15 is 0 Å². The molecule has 3 heteroatoms. The van der Waals surface area contributed by atoms with Gasteiger partial charge in [-0.05, 0) is 36.5 Å². The highest BCUT2D eigenvalue weighted by atomic mass is 16.3. The molecule has 3 N–H and O–H groups in total. The van der Waals surface area contributed by atoms with Crippen molar-refractivity contribution in [2.45, 2.75) is 45.2 Å². The van der Waals surface area contributed by atoms with Crippen molar-refractivity contribution >= 4 is 0 Å². The number of nitrogens with one attached hydrogen (secondary N) is 1. The molecule has 2 unspecified atom stereocenters. The smallest absolute Gasteiger partial charge is 0.157 e. The first kappa shape index (κ1) is 12.2. The second kappa shape index (κ2) is 5.41. The Labute approximate surface area is 102 Å². The number of rotatable bonds is 3. The molecule has 1 fully saturated rings. The van der Waals surface area contributed by atoms with Gasteiger partial charge in [0.05, 0.1) is 0 Å². The molecule has 0 aromatic heterocycles. The van der Waals surface area contributed by atoms with E-state index in [-0.39, 0.29) is 11.5 Å². The maximum atomic E-state index is 9.41. The average molecular weight is 235 g/mol. The summed E-state index contributed by atoms with van der Waals surface area (Å²) in [6, 6.07) is 5.59. The summed E-state index contributed by atoms with van der Waals surface area (Å²) in [6.45, 7) is 3.05. The standard InChI is InChI=1S/C14H21NO2/c1-10-4-2-3-5-12(10)15-9-11-6-7-13(16)14(17)8-11/h6-8,10,12,15-17H,2-5,9H2,1H3. The van der Waals surface area contributed by atoms with Gasteiger partial charge in [0.25, 0.3) is 0 Å². The zero-order valence-corrected chi connectivity index (χ0v) is 10.3. The van der Waals surface area contributed by atoms with Gasteiger partial charge in [-0.3, -0.25) is 0 Å². The Morgan fingerprint density at radius 2 is 1.94 bits per heavy atom. The highest BCUT2D eigenvalue weighted by molar-refractivity contribution is 5.40. The van der Waals surface area contributed by atoms with Crippen molar-refractivity contribution in [2.24, 2.45) is 5.92 Å². The molecule has 94 valence electrons. The molecule has 0 bridgehead atoms. The maximum Gasteiger partial charge on any atom is 0.157 e. The molecule has 0 aliphatic heterocycles. The topological polar surface area (TPSA) is 52.5 Å². The fourth-order valence-corrected chi connectivity index (χ4v) is 2.55. The van der Waals surface area contributed by atoms with E-state index in [0.29, 0.717) is 6.04 Å². The van der Waals surface area contributed by atoms with E-state index in [0.717, 1.165) is 18.0 Å². The van der Waals surface area contributed by atoms with E-state index in [1.54, 1.807) is 6.07 Å². The van der Waals surface area contributed by atoms with Crippen LogP contribution >= 0.6 is 0 Å². The Bertz CT molecular complexity index is 378. The van der Waals surface area contributed by atoms with Gasteiger partial charge in [-0.15, -0.1) is 0 Å². The normalized spacial score (nSPS) is 24.8. The van der Waals surface area contributed by atoms with Crippen molar-refractivity contribution in [3.63, 3.8) is 0 Å². The molecule has 0 spiro atoms. The highest BCUT2D eigenvalue weighted by Gasteiger charge is 2.20. The number of hydrogen-bond acceptors (Lipinski definition) is 3. The molecule has 2 atom stereocenters. The van der Waals surface area contributed by atoms with Crippen LogP contribution in [0.4, 0.5) is 0 Å². The third kappa shape index (κ3) is 3.13. The SMILES string of the molecule is CC1CCCCC1NCc1ccc(O)c(O)c1. The van der Waals surface area contributed by atoms with E-state index < -0.39 is 0 Å². The molecular weight excluding hydrogens is 214 g/mol.